The van der Waals surface area contributed by atoms with Gasteiger partial charge >= 0.3 is 0 Å². The van der Waals surface area contributed by atoms with Gasteiger partial charge in [-0.3, -0.25) is 9.69 Å². The summed E-state index contributed by atoms with van der Waals surface area (Å²) < 4.78 is 0. The molecule has 2 heterocycles. The molecule has 33 heavy (non-hydrogen) atoms. The van der Waals surface area contributed by atoms with Crippen LogP contribution in [0.15, 0.2) is 35.3 Å². The van der Waals surface area contributed by atoms with Gasteiger partial charge < -0.3 is 15.5 Å². The van der Waals surface area contributed by atoms with Crippen LogP contribution in [0.4, 0.5) is 0 Å². The molecule has 1 aromatic rings. The Morgan fingerprint density at radius 1 is 1.03 bits per heavy atom. The van der Waals surface area contributed by atoms with Gasteiger partial charge in [-0.25, -0.2) is 4.99 Å². The Bertz CT molecular complexity index is 772. The monoisotopic (exact) mass is 567 g/mol. The third-order valence-electron chi connectivity index (χ3n) is 7.74. The van der Waals surface area contributed by atoms with Crippen LogP contribution in [0, 0.1) is 5.92 Å². The average Bonchev–Trinajstić information content (AvgIpc) is 3.01. The fourth-order valence-corrected chi connectivity index (χ4v) is 5.77. The number of fused-ring (bicyclic) bond motifs is 2. The van der Waals surface area contributed by atoms with Crippen molar-refractivity contribution >= 4 is 35.8 Å². The van der Waals surface area contributed by atoms with E-state index in [0.717, 1.165) is 25.3 Å². The molecule has 4 atom stereocenters. The van der Waals surface area contributed by atoms with E-state index in [9.17, 15) is 4.79 Å². The van der Waals surface area contributed by atoms with Crippen LogP contribution in [0.2, 0.25) is 0 Å². The average molecular weight is 568 g/mol. The van der Waals surface area contributed by atoms with Crippen LogP contribution in [0.5, 0.6) is 0 Å². The summed E-state index contributed by atoms with van der Waals surface area (Å²) in [5, 5.41) is 7.45. The molecule has 1 amide bonds. The molecule has 1 saturated carbocycles. The molecule has 6 nitrogen and oxygen atoms in total. The summed E-state index contributed by atoms with van der Waals surface area (Å²) in [4.78, 5) is 21.2. The standard InChI is InChI=1S/C26H41N5O.HI/c1-19-9-7-8-12-24(19)29-26(27-17-25(32)30(2)3)28-21-15-22-13-14-23(16-21)31(22)18-20-10-5-4-6-11-20;/h4-6,10-11,19,21-24H,7-9,12-18H2,1-3H3,(H2,27,28,29);1H. The number of amides is 1. The molecule has 0 spiro atoms. The van der Waals surface area contributed by atoms with Gasteiger partial charge in [-0.05, 0) is 50.0 Å². The summed E-state index contributed by atoms with van der Waals surface area (Å²) in [7, 11) is 3.59. The normalized spacial score (nSPS) is 29.8. The highest BCUT2D eigenvalue weighted by molar-refractivity contribution is 14.0. The Labute approximate surface area is 217 Å². The van der Waals surface area contributed by atoms with Crippen LogP contribution in [-0.4, -0.2) is 66.5 Å². The van der Waals surface area contributed by atoms with E-state index in [1.165, 1.54) is 44.1 Å². The van der Waals surface area contributed by atoms with Crippen molar-refractivity contribution in [2.45, 2.75) is 89.0 Å². The van der Waals surface area contributed by atoms with E-state index in [1.807, 2.05) is 0 Å². The number of hydrogen-bond donors (Lipinski definition) is 2. The van der Waals surface area contributed by atoms with Crippen molar-refractivity contribution in [2.24, 2.45) is 10.9 Å². The smallest absolute Gasteiger partial charge is 0.243 e. The second kappa shape index (κ2) is 12.4. The summed E-state index contributed by atoms with van der Waals surface area (Å²) >= 11 is 0. The van der Waals surface area contributed by atoms with Gasteiger partial charge in [0.1, 0.15) is 6.54 Å². The number of halogens is 1. The minimum absolute atomic E-state index is 0. The van der Waals surface area contributed by atoms with E-state index in [0.29, 0.717) is 30.1 Å². The number of carbonyl (C=O) groups excluding carboxylic acids is 1. The molecule has 2 N–H and O–H groups in total. The van der Waals surface area contributed by atoms with Gasteiger partial charge in [0.25, 0.3) is 0 Å². The maximum Gasteiger partial charge on any atom is 0.243 e. The van der Waals surface area contributed by atoms with E-state index < -0.39 is 0 Å². The molecule has 2 bridgehead atoms. The van der Waals surface area contributed by atoms with E-state index in [4.69, 9.17) is 4.99 Å². The third-order valence-corrected chi connectivity index (χ3v) is 7.74. The number of nitrogens with zero attached hydrogens (tertiary/aromatic N) is 3. The molecule has 1 aromatic carbocycles. The second-order valence-corrected chi connectivity index (χ2v) is 10.3. The van der Waals surface area contributed by atoms with E-state index in [2.05, 4.69) is 52.8 Å². The zero-order valence-electron chi connectivity index (χ0n) is 20.5. The van der Waals surface area contributed by atoms with E-state index in [1.54, 1.807) is 19.0 Å². The number of hydrogen-bond acceptors (Lipinski definition) is 3. The van der Waals surface area contributed by atoms with Gasteiger partial charge in [0.2, 0.25) is 5.91 Å². The quantitative estimate of drug-likeness (QED) is 0.310. The molecule has 7 heteroatoms. The Morgan fingerprint density at radius 2 is 1.70 bits per heavy atom. The van der Waals surface area contributed by atoms with Crippen LogP contribution in [0.3, 0.4) is 0 Å². The molecule has 0 radical (unpaired) electrons. The van der Waals surface area contributed by atoms with Crippen LogP contribution >= 0.6 is 24.0 Å². The predicted molar refractivity (Wildman–Crippen MR) is 146 cm³/mol. The Hall–Kier alpha value is -1.35. The summed E-state index contributed by atoms with van der Waals surface area (Å²) in [5.74, 6) is 1.52. The van der Waals surface area contributed by atoms with Crippen molar-refractivity contribution < 1.29 is 4.79 Å². The highest BCUT2D eigenvalue weighted by atomic mass is 127. The van der Waals surface area contributed by atoms with Crippen LogP contribution in [-0.2, 0) is 11.3 Å². The lowest BCUT2D eigenvalue weighted by Crippen LogP contribution is -2.55. The van der Waals surface area contributed by atoms with Crippen molar-refractivity contribution in [3.05, 3.63) is 35.9 Å². The lowest BCUT2D eigenvalue weighted by Gasteiger charge is -2.40. The maximum absolute atomic E-state index is 12.2. The number of aliphatic imine (C=N–C) groups is 1. The number of carbonyl (C=O) groups is 1. The Morgan fingerprint density at radius 3 is 2.33 bits per heavy atom. The Kier molecular flexibility index (Phi) is 9.85. The first-order chi connectivity index (χ1) is 15.5. The van der Waals surface area contributed by atoms with Crippen molar-refractivity contribution in [3.8, 4) is 0 Å². The second-order valence-electron chi connectivity index (χ2n) is 10.3. The number of likely N-dealkylation sites (N-methyl/N-ethyl adjacent to an activating group) is 1. The zero-order chi connectivity index (χ0) is 22.5. The van der Waals surface area contributed by atoms with Crippen molar-refractivity contribution in [2.75, 3.05) is 20.6 Å². The Balaban J connectivity index is 0.00000306. The molecule has 2 aliphatic heterocycles. The number of nitrogens with one attached hydrogen (secondary N) is 2. The van der Waals surface area contributed by atoms with Crippen molar-refractivity contribution in [1.29, 1.82) is 0 Å². The molecule has 0 aromatic heterocycles. The van der Waals surface area contributed by atoms with E-state index >= 15 is 0 Å². The molecule has 4 unspecified atom stereocenters. The first-order valence-corrected chi connectivity index (χ1v) is 12.6. The molecule has 3 aliphatic rings. The lowest BCUT2D eigenvalue weighted by atomic mass is 9.86. The molecular weight excluding hydrogens is 525 g/mol. The zero-order valence-corrected chi connectivity index (χ0v) is 22.8. The highest BCUT2D eigenvalue weighted by Gasteiger charge is 2.40. The summed E-state index contributed by atoms with van der Waals surface area (Å²) in [5.41, 5.74) is 1.41. The fraction of sp³-hybridized carbons (Fsp3) is 0.692. The molecule has 184 valence electrons. The van der Waals surface area contributed by atoms with Crippen LogP contribution in [0.25, 0.3) is 0 Å². The minimum atomic E-state index is 0. The topological polar surface area (TPSA) is 60.0 Å². The SMILES string of the molecule is CC1CCCCC1NC(=NCC(=O)N(C)C)NC1CC2CCC(C1)N2Cc1ccccc1.I. The third kappa shape index (κ3) is 7.07. The fourth-order valence-electron chi connectivity index (χ4n) is 5.77. The van der Waals surface area contributed by atoms with Gasteiger partial charge in [0.15, 0.2) is 5.96 Å². The first kappa shape index (κ1) is 26.3. The van der Waals surface area contributed by atoms with Gasteiger partial charge in [0.05, 0.1) is 0 Å². The first-order valence-electron chi connectivity index (χ1n) is 12.6. The summed E-state index contributed by atoms with van der Waals surface area (Å²) in [6.45, 7) is 3.59. The van der Waals surface area contributed by atoms with Gasteiger partial charge in [-0.15, -0.1) is 24.0 Å². The highest BCUT2D eigenvalue weighted by Crippen LogP contribution is 2.37. The molecular formula is C26H42IN5O. The number of benzene rings is 1. The largest absolute Gasteiger partial charge is 0.354 e. The van der Waals surface area contributed by atoms with Crippen molar-refractivity contribution in [1.82, 2.24) is 20.4 Å². The number of piperidine rings is 1. The maximum atomic E-state index is 12.2. The molecule has 2 saturated heterocycles. The van der Waals surface area contributed by atoms with Crippen LogP contribution in [0.1, 0.15) is 63.9 Å². The van der Waals surface area contributed by atoms with Crippen LogP contribution < -0.4 is 10.6 Å². The number of guanidine groups is 1. The van der Waals surface area contributed by atoms with Gasteiger partial charge in [0, 0.05) is 44.8 Å². The number of rotatable bonds is 6. The summed E-state index contributed by atoms with van der Waals surface area (Å²) in [6.07, 6.45) is 9.91. The molecule has 1 aliphatic carbocycles. The molecule has 3 fully saturated rings. The summed E-state index contributed by atoms with van der Waals surface area (Å²) in [6, 6.07) is 13.0. The minimum Gasteiger partial charge on any atom is -0.354 e. The lowest BCUT2D eigenvalue weighted by molar-refractivity contribution is -0.127. The molecule has 4 rings (SSSR count). The van der Waals surface area contributed by atoms with Gasteiger partial charge in [-0.2, -0.15) is 0 Å². The van der Waals surface area contributed by atoms with Gasteiger partial charge in [-0.1, -0.05) is 50.1 Å². The predicted octanol–water partition coefficient (Wildman–Crippen LogP) is 4.00. The van der Waals surface area contributed by atoms with Crippen molar-refractivity contribution in [3.63, 3.8) is 0 Å². The van der Waals surface area contributed by atoms with E-state index in [-0.39, 0.29) is 36.4 Å².